The maximum absolute atomic E-state index is 3.50. The lowest BCUT2D eigenvalue weighted by atomic mass is 9.94. The Kier molecular flexibility index (Phi) is 3.72. The highest BCUT2D eigenvalue weighted by molar-refractivity contribution is 5.55. The van der Waals surface area contributed by atoms with E-state index in [1.54, 1.807) is 0 Å². The summed E-state index contributed by atoms with van der Waals surface area (Å²) < 4.78 is 0. The van der Waals surface area contributed by atoms with Crippen LogP contribution in [-0.2, 0) is 0 Å². The molecule has 1 aliphatic rings. The highest BCUT2D eigenvalue weighted by Gasteiger charge is 2.28. The molecule has 1 aromatic carbocycles. The zero-order valence-corrected chi connectivity index (χ0v) is 11.3. The van der Waals surface area contributed by atoms with E-state index in [4.69, 9.17) is 0 Å². The molecule has 17 heavy (non-hydrogen) atoms. The first-order valence-corrected chi connectivity index (χ1v) is 6.65. The Hall–Kier alpha value is -1.02. The number of para-hydroxylation sites is 1. The molecule has 0 aliphatic carbocycles. The number of rotatable bonds is 1. The van der Waals surface area contributed by atoms with E-state index in [0.29, 0.717) is 0 Å². The molecule has 0 spiro atoms. The minimum Gasteiger partial charge on any atom is -0.366 e. The quantitative estimate of drug-likeness (QED) is 0.801. The second-order valence-electron chi connectivity index (χ2n) is 5.60. The smallest absolute Gasteiger partial charge is 0.0400 e. The molecule has 1 N–H and O–H groups in total. The minimum atomic E-state index is 0.236. The molecule has 2 rings (SSSR count). The molecule has 1 aromatic rings. The number of anilines is 1. The average molecular weight is 232 g/mol. The maximum atomic E-state index is 3.50. The van der Waals surface area contributed by atoms with Gasteiger partial charge < -0.3 is 10.2 Å². The third-order valence-corrected chi connectivity index (χ3v) is 3.79. The highest BCUT2D eigenvalue weighted by Crippen LogP contribution is 2.29. The van der Waals surface area contributed by atoms with Gasteiger partial charge in [0, 0.05) is 17.8 Å². The summed E-state index contributed by atoms with van der Waals surface area (Å²) in [6.45, 7) is 10.3. The van der Waals surface area contributed by atoms with Crippen molar-refractivity contribution in [2.45, 2.75) is 39.2 Å². The van der Waals surface area contributed by atoms with E-state index in [-0.39, 0.29) is 5.54 Å². The normalized spacial score (nSPS) is 20.8. The number of nitrogens with one attached hydrogen (secondary N) is 1. The van der Waals surface area contributed by atoms with E-state index in [9.17, 15) is 0 Å². The molecule has 1 heterocycles. The molecule has 2 nitrogen and oxygen atoms in total. The van der Waals surface area contributed by atoms with Gasteiger partial charge in [0.2, 0.25) is 0 Å². The Bertz CT molecular complexity index is 371. The largest absolute Gasteiger partial charge is 0.366 e. The average Bonchev–Trinajstić information content (AvgIpc) is 2.27. The first-order chi connectivity index (χ1) is 8.11. The van der Waals surface area contributed by atoms with Crippen LogP contribution in [0.1, 0.15) is 32.3 Å². The second kappa shape index (κ2) is 5.09. The molecule has 0 amide bonds. The lowest BCUT2D eigenvalue weighted by Gasteiger charge is -2.43. The van der Waals surface area contributed by atoms with E-state index >= 15 is 0 Å². The molecule has 2 heteroatoms. The van der Waals surface area contributed by atoms with E-state index in [1.165, 1.54) is 24.1 Å². The van der Waals surface area contributed by atoms with Gasteiger partial charge in [-0.2, -0.15) is 0 Å². The predicted octanol–water partition coefficient (Wildman–Crippen LogP) is 2.96. The van der Waals surface area contributed by atoms with Gasteiger partial charge >= 0.3 is 0 Å². The van der Waals surface area contributed by atoms with Gasteiger partial charge in [0.15, 0.2) is 0 Å². The van der Waals surface area contributed by atoms with Crippen molar-refractivity contribution >= 4 is 5.69 Å². The van der Waals surface area contributed by atoms with E-state index < -0.39 is 0 Å². The van der Waals surface area contributed by atoms with Gasteiger partial charge in [0.25, 0.3) is 0 Å². The Morgan fingerprint density at radius 2 is 1.94 bits per heavy atom. The molecule has 1 aliphatic heterocycles. The molecule has 0 saturated carbocycles. The van der Waals surface area contributed by atoms with Crippen molar-refractivity contribution in [3.8, 4) is 0 Å². The van der Waals surface area contributed by atoms with E-state index in [2.05, 4.69) is 55.3 Å². The Morgan fingerprint density at radius 3 is 2.71 bits per heavy atom. The van der Waals surface area contributed by atoms with Crippen molar-refractivity contribution in [1.82, 2.24) is 5.32 Å². The van der Waals surface area contributed by atoms with Crippen LogP contribution >= 0.6 is 0 Å². The van der Waals surface area contributed by atoms with E-state index in [0.717, 1.165) is 19.6 Å². The minimum absolute atomic E-state index is 0.236. The second-order valence-corrected chi connectivity index (χ2v) is 5.60. The molecular weight excluding hydrogens is 208 g/mol. The van der Waals surface area contributed by atoms with Gasteiger partial charge in [-0.1, -0.05) is 18.2 Å². The number of benzene rings is 1. The van der Waals surface area contributed by atoms with Crippen molar-refractivity contribution < 1.29 is 0 Å². The zero-order valence-electron chi connectivity index (χ0n) is 11.3. The fraction of sp³-hybridized carbons (Fsp3) is 0.600. The zero-order chi connectivity index (χ0) is 12.3. The van der Waals surface area contributed by atoms with Crippen LogP contribution in [0.2, 0.25) is 0 Å². The summed E-state index contributed by atoms with van der Waals surface area (Å²) in [5.74, 6) is 0. The van der Waals surface area contributed by atoms with Crippen molar-refractivity contribution in [3.05, 3.63) is 29.8 Å². The fourth-order valence-electron chi connectivity index (χ4n) is 2.63. The van der Waals surface area contributed by atoms with Crippen molar-refractivity contribution in [1.29, 1.82) is 0 Å². The van der Waals surface area contributed by atoms with E-state index in [1.807, 2.05) is 0 Å². The van der Waals surface area contributed by atoms with Crippen LogP contribution in [-0.4, -0.2) is 25.2 Å². The van der Waals surface area contributed by atoms with Crippen molar-refractivity contribution in [2.24, 2.45) is 0 Å². The van der Waals surface area contributed by atoms with Crippen molar-refractivity contribution in [2.75, 3.05) is 24.5 Å². The van der Waals surface area contributed by atoms with Crippen LogP contribution in [0.4, 0.5) is 5.69 Å². The lowest BCUT2D eigenvalue weighted by molar-refractivity contribution is 0.387. The molecule has 1 saturated heterocycles. The molecule has 0 atom stereocenters. The SMILES string of the molecule is Cc1ccccc1N1CCCNCCC1(C)C. The monoisotopic (exact) mass is 232 g/mol. The van der Waals surface area contributed by atoms with Crippen molar-refractivity contribution in [3.63, 3.8) is 0 Å². The number of aryl methyl sites for hydroxylation is 1. The lowest BCUT2D eigenvalue weighted by Crippen LogP contribution is -2.49. The van der Waals surface area contributed by atoms with Crippen LogP contribution in [0.3, 0.4) is 0 Å². The summed E-state index contributed by atoms with van der Waals surface area (Å²) in [6, 6.07) is 8.74. The maximum Gasteiger partial charge on any atom is 0.0400 e. The van der Waals surface area contributed by atoms with Crippen LogP contribution in [0.5, 0.6) is 0 Å². The van der Waals surface area contributed by atoms with Gasteiger partial charge in [0.05, 0.1) is 0 Å². The summed E-state index contributed by atoms with van der Waals surface area (Å²) in [7, 11) is 0. The molecular formula is C15H24N2. The molecule has 0 radical (unpaired) electrons. The molecule has 1 fully saturated rings. The molecule has 94 valence electrons. The van der Waals surface area contributed by atoms with Gasteiger partial charge in [0.1, 0.15) is 0 Å². The van der Waals surface area contributed by atoms with Gasteiger partial charge in [-0.25, -0.2) is 0 Å². The third-order valence-electron chi connectivity index (χ3n) is 3.79. The Labute approximate surface area is 105 Å². The van der Waals surface area contributed by atoms with Crippen LogP contribution in [0.15, 0.2) is 24.3 Å². The summed E-state index contributed by atoms with van der Waals surface area (Å²) >= 11 is 0. The van der Waals surface area contributed by atoms with Crippen LogP contribution in [0, 0.1) is 6.92 Å². The van der Waals surface area contributed by atoms with Gasteiger partial charge in [-0.3, -0.25) is 0 Å². The summed E-state index contributed by atoms with van der Waals surface area (Å²) in [4.78, 5) is 2.59. The highest BCUT2D eigenvalue weighted by atomic mass is 15.2. The van der Waals surface area contributed by atoms with Crippen LogP contribution < -0.4 is 10.2 Å². The summed E-state index contributed by atoms with van der Waals surface area (Å²) in [6.07, 6.45) is 2.42. The first-order valence-electron chi connectivity index (χ1n) is 6.65. The van der Waals surface area contributed by atoms with Crippen LogP contribution in [0.25, 0.3) is 0 Å². The number of hydrogen-bond acceptors (Lipinski definition) is 2. The van der Waals surface area contributed by atoms with Gasteiger partial charge in [-0.05, 0) is 58.3 Å². The third kappa shape index (κ3) is 2.81. The van der Waals surface area contributed by atoms with Gasteiger partial charge in [-0.15, -0.1) is 0 Å². The topological polar surface area (TPSA) is 15.3 Å². The molecule has 0 bridgehead atoms. The Morgan fingerprint density at radius 1 is 1.18 bits per heavy atom. The Balaban J connectivity index is 2.29. The molecule has 0 aromatic heterocycles. The predicted molar refractivity (Wildman–Crippen MR) is 74.7 cm³/mol. The fourth-order valence-corrected chi connectivity index (χ4v) is 2.63. The first kappa shape index (κ1) is 12.4. The standard InChI is InChI=1S/C15H24N2/c1-13-7-4-5-8-14(13)17-12-6-10-16-11-9-15(17,2)3/h4-5,7-8,16H,6,9-12H2,1-3H3. The summed E-state index contributed by atoms with van der Waals surface area (Å²) in [5.41, 5.74) is 3.02. The number of nitrogens with zero attached hydrogens (tertiary/aromatic N) is 1. The number of hydrogen-bond donors (Lipinski definition) is 1. The summed E-state index contributed by atoms with van der Waals surface area (Å²) in [5, 5.41) is 3.50. The molecule has 0 unspecified atom stereocenters.